The first-order valence-corrected chi connectivity index (χ1v) is 6.68. The largest absolute Gasteiger partial charge is 0.497 e. The number of terminal acetylenes is 1. The van der Waals surface area contributed by atoms with E-state index in [1.165, 1.54) is 0 Å². The van der Waals surface area contributed by atoms with Crippen LogP contribution in [0.4, 0.5) is 0 Å². The molecule has 0 saturated heterocycles. The van der Waals surface area contributed by atoms with E-state index in [0.29, 0.717) is 5.57 Å². The monoisotopic (exact) mass is 268 g/mol. The van der Waals surface area contributed by atoms with Gasteiger partial charge in [-0.25, -0.2) is 0 Å². The first kappa shape index (κ1) is 15.9. The molecule has 2 nitrogen and oxygen atoms in total. The van der Waals surface area contributed by atoms with Gasteiger partial charge >= 0.3 is 0 Å². The lowest BCUT2D eigenvalue weighted by molar-refractivity contribution is 0.337. The van der Waals surface area contributed by atoms with Gasteiger partial charge in [0.1, 0.15) is 5.75 Å². The highest BCUT2D eigenvalue weighted by atomic mass is 16.5. The van der Waals surface area contributed by atoms with Crippen molar-refractivity contribution >= 4 is 6.08 Å². The minimum absolute atomic E-state index is 0.0522. The van der Waals surface area contributed by atoms with Crippen LogP contribution in [0, 0.1) is 24.2 Å². The summed E-state index contributed by atoms with van der Waals surface area (Å²) in [5, 5.41) is 9.31. The van der Waals surface area contributed by atoms with Crippen LogP contribution in [0.2, 0.25) is 0 Å². The van der Waals surface area contributed by atoms with Gasteiger partial charge in [-0.05, 0) is 36.6 Å². The van der Waals surface area contributed by atoms with Crippen molar-refractivity contribution in [1.82, 2.24) is 0 Å². The summed E-state index contributed by atoms with van der Waals surface area (Å²) < 4.78 is 5.10. The quantitative estimate of drug-likeness (QED) is 0.634. The number of ether oxygens (including phenoxy) is 1. The highest BCUT2D eigenvalue weighted by Gasteiger charge is 1.94. The van der Waals surface area contributed by atoms with Crippen LogP contribution in [0.1, 0.15) is 31.2 Å². The van der Waals surface area contributed by atoms with E-state index in [2.05, 4.69) is 17.8 Å². The highest BCUT2D eigenvalue weighted by Crippen LogP contribution is 2.13. The van der Waals surface area contributed by atoms with Crippen molar-refractivity contribution in [2.45, 2.75) is 25.7 Å². The van der Waals surface area contributed by atoms with Crippen LogP contribution in [0.3, 0.4) is 0 Å². The van der Waals surface area contributed by atoms with Crippen molar-refractivity contribution in [2.24, 2.45) is 0 Å². The molecule has 0 aliphatic carbocycles. The predicted molar refractivity (Wildman–Crippen MR) is 83.1 cm³/mol. The molecule has 104 valence electrons. The molecule has 0 amide bonds. The van der Waals surface area contributed by atoms with Gasteiger partial charge in [0.2, 0.25) is 0 Å². The van der Waals surface area contributed by atoms with Crippen LogP contribution in [0.15, 0.2) is 29.8 Å². The van der Waals surface area contributed by atoms with Gasteiger partial charge in [-0.2, -0.15) is 0 Å². The number of aliphatic hydroxyl groups excluding tert-OH is 1. The molecule has 0 unspecified atom stereocenters. The molecular formula is C18H20O2. The van der Waals surface area contributed by atoms with Crippen molar-refractivity contribution in [1.29, 1.82) is 0 Å². The zero-order chi connectivity index (χ0) is 14.6. The smallest absolute Gasteiger partial charge is 0.118 e. The standard InChI is InChI=1S/C18H20O2/c1-3-4-5-6-7-8-9-17(15-19)14-16-10-12-18(20-2)13-11-16/h1,10-14,19H,4-7,15H2,2H3/b17-14-. The number of benzene rings is 1. The number of hydrogen-bond acceptors (Lipinski definition) is 2. The summed E-state index contributed by atoms with van der Waals surface area (Å²) in [6.07, 6.45) is 10.7. The van der Waals surface area contributed by atoms with Gasteiger partial charge in [0.15, 0.2) is 0 Å². The number of hydrogen-bond donors (Lipinski definition) is 1. The minimum atomic E-state index is -0.0522. The Labute approximate surface area is 121 Å². The Morgan fingerprint density at radius 3 is 2.55 bits per heavy atom. The fraction of sp³-hybridized carbons (Fsp3) is 0.333. The summed E-state index contributed by atoms with van der Waals surface area (Å²) in [6, 6.07) is 7.63. The summed E-state index contributed by atoms with van der Waals surface area (Å²) in [4.78, 5) is 0. The predicted octanol–water partition coefficient (Wildman–Crippen LogP) is 3.27. The van der Waals surface area contributed by atoms with Crippen LogP contribution in [-0.4, -0.2) is 18.8 Å². The van der Waals surface area contributed by atoms with Crippen LogP contribution < -0.4 is 4.74 Å². The molecule has 2 heteroatoms. The molecule has 0 aliphatic heterocycles. The average molecular weight is 268 g/mol. The highest BCUT2D eigenvalue weighted by molar-refractivity contribution is 5.59. The Kier molecular flexibility index (Phi) is 7.73. The first-order chi connectivity index (χ1) is 9.80. The SMILES string of the molecule is C#CCCCCC#C/C(=C/c1ccc(OC)cc1)CO. The molecule has 0 fully saturated rings. The first-order valence-electron chi connectivity index (χ1n) is 6.68. The van der Waals surface area contributed by atoms with Crippen LogP contribution in [0.25, 0.3) is 6.08 Å². The Balaban J connectivity index is 2.58. The molecule has 1 N–H and O–H groups in total. The van der Waals surface area contributed by atoms with Crippen LogP contribution in [0.5, 0.6) is 5.75 Å². The molecule has 0 heterocycles. The van der Waals surface area contributed by atoms with Crippen molar-refractivity contribution in [3.8, 4) is 29.9 Å². The maximum Gasteiger partial charge on any atom is 0.118 e. The lowest BCUT2D eigenvalue weighted by Crippen LogP contribution is -1.87. The lowest BCUT2D eigenvalue weighted by atomic mass is 10.1. The fourth-order valence-electron chi connectivity index (χ4n) is 1.64. The molecule has 0 aromatic heterocycles. The molecular weight excluding hydrogens is 248 g/mol. The van der Waals surface area contributed by atoms with Gasteiger partial charge in [0.05, 0.1) is 13.7 Å². The molecule has 0 spiro atoms. The van der Waals surface area contributed by atoms with E-state index in [-0.39, 0.29) is 6.61 Å². The third-order valence-electron chi connectivity index (χ3n) is 2.75. The van der Waals surface area contributed by atoms with Gasteiger partial charge in [-0.3, -0.25) is 0 Å². The maximum atomic E-state index is 9.31. The molecule has 0 radical (unpaired) electrons. The zero-order valence-electron chi connectivity index (χ0n) is 11.9. The van der Waals surface area contributed by atoms with Gasteiger partial charge in [-0.15, -0.1) is 12.3 Å². The molecule has 20 heavy (non-hydrogen) atoms. The van der Waals surface area contributed by atoms with Gasteiger partial charge in [0, 0.05) is 18.4 Å². The third-order valence-corrected chi connectivity index (χ3v) is 2.75. The molecule has 0 atom stereocenters. The Morgan fingerprint density at radius 2 is 1.95 bits per heavy atom. The Morgan fingerprint density at radius 1 is 1.25 bits per heavy atom. The van der Waals surface area contributed by atoms with E-state index < -0.39 is 0 Å². The van der Waals surface area contributed by atoms with Gasteiger partial charge in [-0.1, -0.05) is 24.0 Å². The molecule has 1 aromatic rings. The lowest BCUT2D eigenvalue weighted by Gasteiger charge is -2.00. The summed E-state index contributed by atoms with van der Waals surface area (Å²) in [5.41, 5.74) is 1.71. The molecule has 0 aliphatic rings. The van der Waals surface area contributed by atoms with Crippen LogP contribution >= 0.6 is 0 Å². The average Bonchev–Trinajstić information content (AvgIpc) is 2.50. The summed E-state index contributed by atoms with van der Waals surface area (Å²) >= 11 is 0. The second-order valence-electron chi connectivity index (χ2n) is 4.31. The van der Waals surface area contributed by atoms with E-state index in [4.69, 9.17) is 11.2 Å². The van der Waals surface area contributed by atoms with E-state index in [0.717, 1.165) is 37.0 Å². The molecule has 1 rings (SSSR count). The Hall–Kier alpha value is -2.16. The molecule has 0 saturated carbocycles. The third kappa shape index (κ3) is 6.14. The van der Waals surface area contributed by atoms with E-state index in [9.17, 15) is 5.11 Å². The molecule has 0 bridgehead atoms. The Bertz CT molecular complexity index is 521. The maximum absolute atomic E-state index is 9.31. The number of aliphatic hydroxyl groups is 1. The normalized spacial score (nSPS) is 10.3. The van der Waals surface area contributed by atoms with E-state index >= 15 is 0 Å². The minimum Gasteiger partial charge on any atom is -0.497 e. The summed E-state index contributed by atoms with van der Waals surface area (Å²) in [7, 11) is 1.63. The molecule has 1 aromatic carbocycles. The zero-order valence-corrected chi connectivity index (χ0v) is 11.9. The van der Waals surface area contributed by atoms with E-state index in [1.54, 1.807) is 7.11 Å². The fourth-order valence-corrected chi connectivity index (χ4v) is 1.64. The number of unbranched alkanes of at least 4 members (excludes halogenated alkanes) is 3. The number of methoxy groups -OCH3 is 1. The van der Waals surface area contributed by atoms with Crippen LogP contribution in [-0.2, 0) is 0 Å². The van der Waals surface area contributed by atoms with Gasteiger partial charge < -0.3 is 9.84 Å². The number of rotatable bonds is 6. The summed E-state index contributed by atoms with van der Waals surface area (Å²) in [5.74, 6) is 9.49. The second kappa shape index (κ2) is 9.73. The summed E-state index contributed by atoms with van der Waals surface area (Å²) in [6.45, 7) is -0.0522. The van der Waals surface area contributed by atoms with Crippen molar-refractivity contribution in [3.63, 3.8) is 0 Å². The van der Waals surface area contributed by atoms with Crippen molar-refractivity contribution < 1.29 is 9.84 Å². The van der Waals surface area contributed by atoms with E-state index in [1.807, 2.05) is 30.3 Å². The van der Waals surface area contributed by atoms with Gasteiger partial charge in [0.25, 0.3) is 0 Å². The topological polar surface area (TPSA) is 29.5 Å². The van der Waals surface area contributed by atoms with Crippen molar-refractivity contribution in [2.75, 3.05) is 13.7 Å². The van der Waals surface area contributed by atoms with Crippen molar-refractivity contribution in [3.05, 3.63) is 35.4 Å². The second-order valence-corrected chi connectivity index (χ2v) is 4.31.